The molecule has 0 bridgehead atoms. The zero-order valence-electron chi connectivity index (χ0n) is 11.4. The lowest BCUT2D eigenvalue weighted by Gasteiger charge is -2.09. The Balaban J connectivity index is 1.87. The van der Waals surface area contributed by atoms with Crippen molar-refractivity contribution in [2.24, 2.45) is 0 Å². The molecule has 0 fully saturated rings. The Bertz CT molecular complexity index is 788. The Morgan fingerprint density at radius 1 is 1.29 bits per heavy atom. The molecule has 2 heterocycles. The molecule has 0 saturated carbocycles. The number of aromatic nitrogens is 2. The van der Waals surface area contributed by atoms with Crippen molar-refractivity contribution in [2.75, 3.05) is 5.32 Å². The molecule has 0 radical (unpaired) electrons. The van der Waals surface area contributed by atoms with Crippen molar-refractivity contribution >= 4 is 27.4 Å². The first-order valence-corrected chi connectivity index (χ1v) is 7.50. The second kappa shape index (κ2) is 5.65. The molecule has 108 valence electrons. The highest BCUT2D eigenvalue weighted by atomic mass is 32.1. The lowest BCUT2D eigenvalue weighted by molar-refractivity contribution is 0.432. The van der Waals surface area contributed by atoms with Gasteiger partial charge in [0.1, 0.15) is 16.5 Å². The number of aromatic hydroxyl groups is 1. The minimum Gasteiger partial charge on any atom is -0.505 e. The molecule has 0 atom stereocenters. The molecule has 0 unspecified atom stereocenters. The number of anilines is 1. The van der Waals surface area contributed by atoms with Crippen LogP contribution in [0.5, 0.6) is 5.75 Å². The second-order valence-corrected chi connectivity index (χ2v) is 5.52. The van der Waals surface area contributed by atoms with Crippen molar-refractivity contribution in [1.29, 1.82) is 0 Å². The number of nitrogens with zero attached hydrogens (tertiary/aromatic N) is 2. The summed E-state index contributed by atoms with van der Waals surface area (Å²) in [6.45, 7) is 2.44. The first-order valence-electron chi connectivity index (χ1n) is 6.62. The Hall–Kier alpha value is -2.21. The van der Waals surface area contributed by atoms with Crippen LogP contribution in [0.3, 0.4) is 0 Å². The van der Waals surface area contributed by atoms with E-state index in [0.29, 0.717) is 6.54 Å². The highest BCUT2D eigenvalue weighted by Gasteiger charge is 2.08. The molecule has 0 aliphatic carbocycles. The number of phenols is 1. The molecular formula is C15H14FN3OS. The Morgan fingerprint density at radius 2 is 2.14 bits per heavy atom. The van der Waals surface area contributed by atoms with E-state index in [2.05, 4.69) is 15.3 Å². The highest BCUT2D eigenvalue weighted by molar-refractivity contribution is 7.16. The number of hydrogen-bond donors (Lipinski definition) is 2. The maximum atomic E-state index is 13.3. The molecule has 1 aromatic carbocycles. The predicted molar refractivity (Wildman–Crippen MR) is 82.2 cm³/mol. The number of thiophene rings is 1. The number of aryl methyl sites for hydroxylation is 1. The highest BCUT2D eigenvalue weighted by Crippen LogP contribution is 2.26. The van der Waals surface area contributed by atoms with Gasteiger partial charge in [0.05, 0.1) is 5.39 Å². The monoisotopic (exact) mass is 303 g/mol. The second-order valence-electron chi connectivity index (χ2n) is 4.62. The third-order valence-electron chi connectivity index (χ3n) is 3.16. The topological polar surface area (TPSA) is 58.0 Å². The quantitative estimate of drug-likeness (QED) is 0.771. The van der Waals surface area contributed by atoms with E-state index < -0.39 is 5.82 Å². The Labute approximate surface area is 125 Å². The van der Waals surface area contributed by atoms with Gasteiger partial charge in [0.2, 0.25) is 0 Å². The van der Waals surface area contributed by atoms with Crippen LogP contribution in [0.15, 0.2) is 29.6 Å². The number of halogens is 1. The predicted octanol–water partition coefficient (Wildman–Crippen LogP) is 3.71. The van der Waals surface area contributed by atoms with Crippen LogP contribution in [0.25, 0.3) is 10.2 Å². The standard InChI is InChI=1S/C15H14FN3OS/c1-2-13-18-14(10-5-6-21-15(10)19-13)17-8-9-3-4-12(20)11(16)7-9/h3-7,20H,2,8H2,1H3,(H,17,18,19). The van der Waals surface area contributed by atoms with Crippen molar-refractivity contribution < 1.29 is 9.50 Å². The molecule has 0 aliphatic rings. The van der Waals surface area contributed by atoms with E-state index in [0.717, 1.165) is 33.8 Å². The summed E-state index contributed by atoms with van der Waals surface area (Å²) >= 11 is 1.57. The molecule has 0 amide bonds. The van der Waals surface area contributed by atoms with E-state index in [9.17, 15) is 9.50 Å². The average molecular weight is 303 g/mol. The Kier molecular flexibility index (Phi) is 3.70. The number of nitrogens with one attached hydrogen (secondary N) is 1. The molecule has 2 aromatic heterocycles. The zero-order chi connectivity index (χ0) is 14.8. The summed E-state index contributed by atoms with van der Waals surface area (Å²) in [5, 5.41) is 15.4. The number of rotatable bonds is 4. The largest absolute Gasteiger partial charge is 0.505 e. The molecule has 0 aliphatic heterocycles. The van der Waals surface area contributed by atoms with Gasteiger partial charge in [-0.2, -0.15) is 0 Å². The maximum Gasteiger partial charge on any atom is 0.165 e. The molecule has 0 spiro atoms. The summed E-state index contributed by atoms with van der Waals surface area (Å²) in [5.74, 6) is 0.581. The molecule has 0 saturated heterocycles. The SMILES string of the molecule is CCc1nc(NCc2ccc(O)c(F)c2)c2ccsc2n1. The number of hydrogen-bond acceptors (Lipinski definition) is 5. The number of benzene rings is 1. The third kappa shape index (κ3) is 2.80. The van der Waals surface area contributed by atoms with Gasteiger partial charge in [0.25, 0.3) is 0 Å². The molecular weight excluding hydrogens is 289 g/mol. The molecule has 21 heavy (non-hydrogen) atoms. The van der Waals surface area contributed by atoms with E-state index in [1.807, 2.05) is 18.4 Å². The van der Waals surface area contributed by atoms with E-state index in [-0.39, 0.29) is 5.75 Å². The van der Waals surface area contributed by atoms with Crippen molar-refractivity contribution in [3.05, 3.63) is 46.9 Å². The normalized spacial score (nSPS) is 11.0. The van der Waals surface area contributed by atoms with Crippen molar-refractivity contribution in [2.45, 2.75) is 19.9 Å². The molecule has 6 heteroatoms. The van der Waals surface area contributed by atoms with E-state index >= 15 is 0 Å². The summed E-state index contributed by atoms with van der Waals surface area (Å²) in [6.07, 6.45) is 0.760. The van der Waals surface area contributed by atoms with E-state index in [1.165, 1.54) is 12.1 Å². The molecule has 3 rings (SSSR count). The van der Waals surface area contributed by atoms with Crippen LogP contribution < -0.4 is 5.32 Å². The van der Waals surface area contributed by atoms with Crippen LogP contribution in [0.1, 0.15) is 18.3 Å². The fraction of sp³-hybridized carbons (Fsp3) is 0.200. The fourth-order valence-corrected chi connectivity index (χ4v) is 2.82. The Morgan fingerprint density at radius 3 is 2.90 bits per heavy atom. The summed E-state index contributed by atoms with van der Waals surface area (Å²) in [6, 6.07) is 6.32. The lowest BCUT2D eigenvalue weighted by atomic mass is 10.2. The van der Waals surface area contributed by atoms with Crippen LogP contribution >= 0.6 is 11.3 Å². The molecule has 3 aromatic rings. The van der Waals surface area contributed by atoms with Gasteiger partial charge in [0, 0.05) is 13.0 Å². The van der Waals surface area contributed by atoms with E-state index in [1.54, 1.807) is 17.4 Å². The van der Waals surface area contributed by atoms with Gasteiger partial charge < -0.3 is 10.4 Å². The third-order valence-corrected chi connectivity index (χ3v) is 3.97. The summed E-state index contributed by atoms with van der Waals surface area (Å²) < 4.78 is 13.3. The van der Waals surface area contributed by atoms with Gasteiger partial charge in [-0.05, 0) is 29.1 Å². The van der Waals surface area contributed by atoms with Gasteiger partial charge in [-0.3, -0.25) is 0 Å². The van der Waals surface area contributed by atoms with Crippen LogP contribution in [-0.4, -0.2) is 15.1 Å². The summed E-state index contributed by atoms with van der Waals surface area (Å²) in [7, 11) is 0. The van der Waals surface area contributed by atoms with Gasteiger partial charge in [-0.15, -0.1) is 11.3 Å². The summed E-state index contributed by atoms with van der Waals surface area (Å²) in [4.78, 5) is 9.90. The molecule has 4 nitrogen and oxygen atoms in total. The van der Waals surface area contributed by atoms with Crippen molar-refractivity contribution in [1.82, 2.24) is 9.97 Å². The maximum absolute atomic E-state index is 13.3. The van der Waals surface area contributed by atoms with Crippen LogP contribution in [0.4, 0.5) is 10.2 Å². The zero-order valence-corrected chi connectivity index (χ0v) is 12.2. The summed E-state index contributed by atoms with van der Waals surface area (Å²) in [5.41, 5.74) is 0.741. The minimum atomic E-state index is -0.619. The smallest absolute Gasteiger partial charge is 0.165 e. The van der Waals surface area contributed by atoms with E-state index in [4.69, 9.17) is 0 Å². The number of phenolic OH excluding ortho intramolecular Hbond substituents is 1. The molecule has 2 N–H and O–H groups in total. The van der Waals surface area contributed by atoms with Gasteiger partial charge in [-0.25, -0.2) is 14.4 Å². The van der Waals surface area contributed by atoms with Crippen LogP contribution in [0, 0.1) is 5.82 Å². The van der Waals surface area contributed by atoms with Gasteiger partial charge in [-0.1, -0.05) is 13.0 Å². The average Bonchev–Trinajstić information content (AvgIpc) is 2.96. The van der Waals surface area contributed by atoms with Crippen LogP contribution in [-0.2, 0) is 13.0 Å². The first-order chi connectivity index (χ1) is 10.2. The van der Waals surface area contributed by atoms with Crippen molar-refractivity contribution in [3.8, 4) is 5.75 Å². The lowest BCUT2D eigenvalue weighted by Crippen LogP contribution is -2.04. The number of fused-ring (bicyclic) bond motifs is 1. The van der Waals surface area contributed by atoms with Crippen molar-refractivity contribution in [3.63, 3.8) is 0 Å². The van der Waals surface area contributed by atoms with Gasteiger partial charge in [0.15, 0.2) is 11.6 Å². The fourth-order valence-electron chi connectivity index (χ4n) is 2.04. The minimum absolute atomic E-state index is 0.339. The first kappa shape index (κ1) is 13.8. The van der Waals surface area contributed by atoms with Gasteiger partial charge >= 0.3 is 0 Å². The van der Waals surface area contributed by atoms with Crippen LogP contribution in [0.2, 0.25) is 0 Å².